The molecule has 1 aliphatic heterocycles. The molecule has 0 aromatic heterocycles. The third kappa shape index (κ3) is 12.1. The molecule has 1 fully saturated rings. The van der Waals surface area contributed by atoms with Gasteiger partial charge in [-0.2, -0.15) is 0 Å². The van der Waals surface area contributed by atoms with E-state index in [1.807, 2.05) is 60.6 Å². The van der Waals surface area contributed by atoms with Crippen LogP contribution in [0.5, 0.6) is 11.5 Å². The molecular formula is C37H63N3O8. The fourth-order valence-electron chi connectivity index (χ4n) is 6.17. The summed E-state index contributed by atoms with van der Waals surface area (Å²) in [5.41, 5.74) is 4.85. The number of amides is 3. The largest absolute Gasteiger partial charge is 0.493 e. The first-order chi connectivity index (χ1) is 22.3. The Bertz CT molecular complexity index is 1200. The van der Waals surface area contributed by atoms with E-state index in [2.05, 4.69) is 25.2 Å². The van der Waals surface area contributed by atoms with E-state index >= 15 is 0 Å². The standard InChI is InChI=1S/C37H63N3O8/c1-23(2)27(18-26-14-15-30(45-12)32(19-26)46-17-13-16-44-11)20-29-31(47-37(9,10)40(29)35(43)48-36(6,7)8)21-28(24(3)4)34(42)39-22-25(5)33(38)41/h14-15,19,23-25,27-29,31H,13,16-18,20-22H2,1-12H3,(H2,38,41)(H,39,42)/t25?,27-,28-,29?,31?/m0/s1. The maximum absolute atomic E-state index is 13.9. The Labute approximate surface area is 288 Å². The Balaban J connectivity index is 2.45. The predicted octanol–water partition coefficient (Wildman–Crippen LogP) is 5.96. The average molecular weight is 678 g/mol. The van der Waals surface area contributed by atoms with Gasteiger partial charge >= 0.3 is 6.09 Å². The van der Waals surface area contributed by atoms with Crippen molar-refractivity contribution in [2.24, 2.45) is 35.3 Å². The molecule has 1 aliphatic rings. The molecule has 5 atom stereocenters. The fourth-order valence-corrected chi connectivity index (χ4v) is 6.17. The van der Waals surface area contributed by atoms with Crippen LogP contribution in [-0.2, 0) is 30.2 Å². The Morgan fingerprint density at radius 2 is 1.67 bits per heavy atom. The summed E-state index contributed by atoms with van der Waals surface area (Å²) >= 11 is 0. The number of rotatable bonds is 18. The van der Waals surface area contributed by atoms with Crippen molar-refractivity contribution in [2.45, 2.75) is 118 Å². The lowest BCUT2D eigenvalue weighted by molar-refractivity contribution is -0.129. The SMILES string of the molecule is COCCCOc1cc(C[C@@H](CC2C(C[C@H](C(=O)NCC(C)C(N)=O)C(C)C)OC(C)(C)N2C(=O)OC(C)(C)C)C(C)C)ccc1OC. The van der Waals surface area contributed by atoms with Gasteiger partial charge in [0.15, 0.2) is 11.5 Å². The van der Waals surface area contributed by atoms with Crippen LogP contribution in [0.15, 0.2) is 18.2 Å². The maximum atomic E-state index is 13.9. The van der Waals surface area contributed by atoms with Crippen molar-refractivity contribution in [1.29, 1.82) is 0 Å². The third-order valence-corrected chi connectivity index (χ3v) is 9.03. The lowest BCUT2D eigenvalue weighted by atomic mass is 9.80. The van der Waals surface area contributed by atoms with Crippen molar-refractivity contribution in [3.63, 3.8) is 0 Å². The summed E-state index contributed by atoms with van der Waals surface area (Å²) in [6, 6.07) is 5.66. The quantitative estimate of drug-likeness (QED) is 0.182. The monoisotopic (exact) mass is 677 g/mol. The van der Waals surface area contributed by atoms with Gasteiger partial charge in [-0.05, 0) is 89.3 Å². The van der Waals surface area contributed by atoms with Crippen molar-refractivity contribution >= 4 is 17.9 Å². The first-order valence-electron chi connectivity index (χ1n) is 17.4. The number of hydrogen-bond donors (Lipinski definition) is 2. The van der Waals surface area contributed by atoms with Crippen LogP contribution in [-0.4, -0.2) is 80.3 Å². The van der Waals surface area contributed by atoms with E-state index < -0.39 is 41.3 Å². The highest BCUT2D eigenvalue weighted by molar-refractivity contribution is 5.81. The van der Waals surface area contributed by atoms with Crippen LogP contribution < -0.4 is 20.5 Å². The van der Waals surface area contributed by atoms with Gasteiger partial charge < -0.3 is 34.7 Å². The number of carbonyl (C=O) groups excluding carboxylic acids is 3. The molecule has 3 unspecified atom stereocenters. The molecule has 3 amide bonds. The van der Waals surface area contributed by atoms with Gasteiger partial charge in [0.25, 0.3) is 0 Å². The topological polar surface area (TPSA) is 139 Å². The van der Waals surface area contributed by atoms with E-state index in [-0.39, 0.29) is 36.2 Å². The summed E-state index contributed by atoms with van der Waals surface area (Å²) in [5.74, 6) is 0.228. The predicted molar refractivity (Wildman–Crippen MR) is 187 cm³/mol. The van der Waals surface area contributed by atoms with Crippen LogP contribution in [0.25, 0.3) is 0 Å². The van der Waals surface area contributed by atoms with Gasteiger partial charge in [-0.1, -0.05) is 40.7 Å². The van der Waals surface area contributed by atoms with Crippen LogP contribution in [0, 0.1) is 29.6 Å². The molecule has 0 saturated carbocycles. The van der Waals surface area contributed by atoms with Crippen molar-refractivity contribution in [1.82, 2.24) is 10.2 Å². The fraction of sp³-hybridized carbons (Fsp3) is 0.757. The highest BCUT2D eigenvalue weighted by Gasteiger charge is 2.52. The van der Waals surface area contributed by atoms with Crippen molar-refractivity contribution in [3.8, 4) is 11.5 Å². The summed E-state index contributed by atoms with van der Waals surface area (Å²) in [4.78, 5) is 40.7. The molecule has 0 bridgehead atoms. The van der Waals surface area contributed by atoms with Gasteiger partial charge in [0.05, 0.1) is 31.8 Å². The molecule has 1 saturated heterocycles. The van der Waals surface area contributed by atoms with E-state index in [1.165, 1.54) is 0 Å². The number of ether oxygens (including phenoxy) is 5. The normalized spacial score (nSPS) is 19.6. The molecule has 1 heterocycles. The average Bonchev–Trinajstić information content (AvgIpc) is 3.23. The number of nitrogens with two attached hydrogens (primary N) is 1. The molecule has 1 aromatic carbocycles. The van der Waals surface area contributed by atoms with E-state index in [9.17, 15) is 14.4 Å². The minimum Gasteiger partial charge on any atom is -0.493 e. The molecule has 11 nitrogen and oxygen atoms in total. The van der Waals surface area contributed by atoms with Crippen molar-refractivity contribution < 1.29 is 38.1 Å². The molecule has 3 N–H and O–H groups in total. The molecule has 0 radical (unpaired) electrons. The number of nitrogens with zero attached hydrogens (tertiary/aromatic N) is 1. The zero-order chi connectivity index (χ0) is 36.4. The molecule has 0 spiro atoms. The van der Waals surface area contributed by atoms with Crippen molar-refractivity contribution in [3.05, 3.63) is 23.8 Å². The van der Waals surface area contributed by atoms with Crippen LogP contribution in [0.1, 0.15) is 94.1 Å². The summed E-state index contributed by atoms with van der Waals surface area (Å²) in [6.07, 6.45) is 1.65. The minimum atomic E-state index is -0.971. The summed E-state index contributed by atoms with van der Waals surface area (Å²) in [6.45, 7) is 20.7. The second-order valence-corrected chi connectivity index (χ2v) is 15.3. The number of nitrogens with one attached hydrogen (secondary N) is 1. The zero-order valence-corrected chi connectivity index (χ0v) is 31.5. The van der Waals surface area contributed by atoms with Crippen LogP contribution in [0.4, 0.5) is 4.79 Å². The maximum Gasteiger partial charge on any atom is 0.412 e. The lowest BCUT2D eigenvalue weighted by Gasteiger charge is -2.37. The lowest BCUT2D eigenvalue weighted by Crippen LogP contribution is -2.51. The van der Waals surface area contributed by atoms with Gasteiger partial charge in [-0.25, -0.2) is 4.79 Å². The molecule has 1 aromatic rings. The van der Waals surface area contributed by atoms with Crippen LogP contribution in [0.2, 0.25) is 0 Å². The highest BCUT2D eigenvalue weighted by atomic mass is 16.6. The van der Waals surface area contributed by atoms with E-state index in [0.717, 1.165) is 18.4 Å². The molecule has 274 valence electrons. The Kier molecular flexibility index (Phi) is 15.5. The first-order valence-corrected chi connectivity index (χ1v) is 17.4. The first kappa shape index (κ1) is 41.1. The van der Waals surface area contributed by atoms with Gasteiger partial charge in [0.1, 0.15) is 11.3 Å². The molecule has 48 heavy (non-hydrogen) atoms. The van der Waals surface area contributed by atoms with Crippen LogP contribution >= 0.6 is 0 Å². The highest BCUT2D eigenvalue weighted by Crippen LogP contribution is 2.41. The summed E-state index contributed by atoms with van der Waals surface area (Å²) in [5, 5.41) is 2.92. The zero-order valence-electron chi connectivity index (χ0n) is 31.5. The van der Waals surface area contributed by atoms with Crippen molar-refractivity contribution in [2.75, 3.05) is 34.0 Å². The Morgan fingerprint density at radius 3 is 2.21 bits per heavy atom. The second-order valence-electron chi connectivity index (χ2n) is 15.3. The third-order valence-electron chi connectivity index (χ3n) is 9.03. The minimum absolute atomic E-state index is 0.0145. The van der Waals surface area contributed by atoms with Gasteiger partial charge in [0.2, 0.25) is 11.8 Å². The molecule has 2 rings (SSSR count). The number of primary amides is 1. The number of hydrogen-bond acceptors (Lipinski definition) is 8. The smallest absolute Gasteiger partial charge is 0.412 e. The van der Waals surface area contributed by atoms with Gasteiger partial charge in [0, 0.05) is 32.6 Å². The molecule has 0 aliphatic carbocycles. The van der Waals surface area contributed by atoms with E-state index in [4.69, 9.17) is 29.4 Å². The number of carbonyl (C=O) groups is 3. The second kappa shape index (κ2) is 18.1. The van der Waals surface area contributed by atoms with Crippen LogP contribution in [0.3, 0.4) is 0 Å². The number of methoxy groups -OCH3 is 2. The van der Waals surface area contributed by atoms with Gasteiger partial charge in [-0.3, -0.25) is 14.5 Å². The summed E-state index contributed by atoms with van der Waals surface area (Å²) < 4.78 is 29.4. The Morgan fingerprint density at radius 1 is 1.00 bits per heavy atom. The number of benzene rings is 1. The summed E-state index contributed by atoms with van der Waals surface area (Å²) in [7, 11) is 3.30. The van der Waals surface area contributed by atoms with E-state index in [0.29, 0.717) is 37.6 Å². The molecule has 11 heteroatoms. The van der Waals surface area contributed by atoms with Gasteiger partial charge in [-0.15, -0.1) is 0 Å². The molecular weight excluding hydrogens is 614 g/mol. The van der Waals surface area contributed by atoms with E-state index in [1.54, 1.807) is 26.0 Å². The Hall–Kier alpha value is -3.05.